The Morgan fingerprint density at radius 3 is 2.44 bits per heavy atom. The monoisotopic (exact) mass is 383 g/mol. The molecule has 0 bridgehead atoms. The van der Waals surface area contributed by atoms with Crippen molar-refractivity contribution >= 4 is 34.4 Å². The predicted molar refractivity (Wildman–Crippen MR) is 106 cm³/mol. The van der Waals surface area contributed by atoms with Crippen molar-refractivity contribution < 1.29 is 14.3 Å². The van der Waals surface area contributed by atoms with Crippen LogP contribution in [0.1, 0.15) is 4.88 Å². The summed E-state index contributed by atoms with van der Waals surface area (Å²) in [6.07, 6.45) is 0. The molecule has 140 valence electrons. The second-order valence-electron chi connectivity index (χ2n) is 6.64. The molecule has 2 aliphatic rings. The maximum Gasteiger partial charge on any atom is 0.282 e. The van der Waals surface area contributed by atoms with Crippen LogP contribution < -0.4 is 9.64 Å². The van der Waals surface area contributed by atoms with E-state index < -0.39 is 0 Å². The number of hydrogen-bond donors (Lipinski definition) is 0. The Labute approximate surface area is 162 Å². The van der Waals surface area contributed by atoms with E-state index in [-0.39, 0.29) is 11.8 Å². The Kier molecular flexibility index (Phi) is 4.72. The summed E-state index contributed by atoms with van der Waals surface area (Å²) in [6, 6.07) is 10.9. The maximum atomic E-state index is 13.4. The number of carbonyl (C=O) groups excluding carboxylic acids is 2. The van der Waals surface area contributed by atoms with Crippen LogP contribution >= 0.6 is 11.3 Å². The molecule has 7 heteroatoms. The van der Waals surface area contributed by atoms with Crippen LogP contribution in [0, 0.1) is 0 Å². The van der Waals surface area contributed by atoms with Crippen molar-refractivity contribution in [3.05, 3.63) is 52.4 Å². The average molecular weight is 383 g/mol. The van der Waals surface area contributed by atoms with Crippen LogP contribution in [0.3, 0.4) is 0 Å². The lowest BCUT2D eigenvalue weighted by Gasteiger charge is -2.34. The van der Waals surface area contributed by atoms with Gasteiger partial charge in [-0.3, -0.25) is 9.59 Å². The first-order valence-corrected chi connectivity index (χ1v) is 9.72. The first kappa shape index (κ1) is 17.8. The van der Waals surface area contributed by atoms with Gasteiger partial charge in [-0.25, -0.2) is 4.90 Å². The number of rotatable bonds is 4. The standard InChI is InChI=1S/C20H21N3O3S/c1-21-8-10-22(11-9-21)18-17(16-7-4-12-27-16)19(24)23(20(18)25)14-5-3-6-15(13-14)26-2/h3-7,12-13H,8-11H2,1-2H3. The number of hydrogen-bond acceptors (Lipinski definition) is 6. The van der Waals surface area contributed by atoms with Crippen molar-refractivity contribution in [2.45, 2.75) is 0 Å². The van der Waals surface area contributed by atoms with E-state index in [1.165, 1.54) is 16.2 Å². The number of likely N-dealkylation sites (N-methyl/N-ethyl adjacent to an activating group) is 1. The van der Waals surface area contributed by atoms with Crippen molar-refractivity contribution in [3.8, 4) is 5.75 Å². The van der Waals surface area contributed by atoms with E-state index in [0.29, 0.717) is 22.7 Å². The van der Waals surface area contributed by atoms with Gasteiger partial charge in [0.25, 0.3) is 11.8 Å². The SMILES string of the molecule is COc1cccc(N2C(=O)C(c3cccs3)=C(N3CCN(C)CC3)C2=O)c1. The molecule has 2 aliphatic heterocycles. The molecule has 0 aliphatic carbocycles. The van der Waals surface area contributed by atoms with Crippen molar-refractivity contribution in [1.82, 2.24) is 9.80 Å². The number of methoxy groups -OCH3 is 1. The van der Waals surface area contributed by atoms with Crippen molar-refractivity contribution in [3.63, 3.8) is 0 Å². The summed E-state index contributed by atoms with van der Waals surface area (Å²) in [7, 11) is 3.63. The number of benzene rings is 1. The Bertz CT molecular complexity index is 899. The topological polar surface area (TPSA) is 53.1 Å². The molecule has 4 rings (SSSR count). The molecular weight excluding hydrogens is 362 g/mol. The number of piperazine rings is 1. The molecule has 2 aromatic rings. The summed E-state index contributed by atoms with van der Waals surface area (Å²) >= 11 is 1.48. The Morgan fingerprint density at radius 2 is 1.78 bits per heavy atom. The number of nitrogens with zero attached hydrogens (tertiary/aromatic N) is 3. The molecule has 1 aromatic carbocycles. The summed E-state index contributed by atoms with van der Waals surface area (Å²) in [5, 5.41) is 1.93. The normalized spacial score (nSPS) is 18.6. The molecule has 0 radical (unpaired) electrons. The van der Waals surface area contributed by atoms with Crippen LogP contribution in [0.25, 0.3) is 5.57 Å². The fourth-order valence-corrected chi connectivity index (χ4v) is 4.23. The van der Waals surface area contributed by atoms with Gasteiger partial charge in [-0.2, -0.15) is 0 Å². The molecule has 3 heterocycles. The molecule has 0 N–H and O–H groups in total. The third-order valence-corrected chi connectivity index (χ3v) is 5.85. The summed E-state index contributed by atoms with van der Waals surface area (Å²) < 4.78 is 5.26. The lowest BCUT2D eigenvalue weighted by atomic mass is 10.1. The summed E-state index contributed by atoms with van der Waals surface area (Å²) in [5.74, 6) is 0.0738. The number of amides is 2. The van der Waals surface area contributed by atoms with Crippen LogP contribution in [-0.2, 0) is 9.59 Å². The van der Waals surface area contributed by atoms with Gasteiger partial charge < -0.3 is 14.5 Å². The first-order valence-electron chi connectivity index (χ1n) is 8.84. The van der Waals surface area contributed by atoms with E-state index in [0.717, 1.165) is 31.1 Å². The van der Waals surface area contributed by atoms with Crippen LogP contribution in [0.4, 0.5) is 5.69 Å². The molecule has 0 spiro atoms. The zero-order chi connectivity index (χ0) is 19.0. The molecule has 0 unspecified atom stereocenters. The van der Waals surface area contributed by atoms with Crippen LogP contribution in [-0.4, -0.2) is 62.0 Å². The van der Waals surface area contributed by atoms with Gasteiger partial charge in [0.15, 0.2) is 0 Å². The first-order chi connectivity index (χ1) is 13.1. The highest BCUT2D eigenvalue weighted by molar-refractivity contribution is 7.11. The van der Waals surface area contributed by atoms with Crippen molar-refractivity contribution in [2.75, 3.05) is 45.2 Å². The van der Waals surface area contributed by atoms with E-state index in [2.05, 4.69) is 16.8 Å². The van der Waals surface area contributed by atoms with Crippen LogP contribution in [0.2, 0.25) is 0 Å². The Balaban J connectivity index is 1.77. The second-order valence-corrected chi connectivity index (χ2v) is 7.59. The quantitative estimate of drug-likeness (QED) is 0.759. The van der Waals surface area contributed by atoms with Gasteiger partial charge in [-0.15, -0.1) is 11.3 Å². The van der Waals surface area contributed by atoms with Gasteiger partial charge in [0, 0.05) is 37.1 Å². The smallest absolute Gasteiger partial charge is 0.282 e. The highest BCUT2D eigenvalue weighted by atomic mass is 32.1. The van der Waals surface area contributed by atoms with Gasteiger partial charge in [0.2, 0.25) is 0 Å². The maximum absolute atomic E-state index is 13.4. The fourth-order valence-electron chi connectivity index (χ4n) is 3.47. The van der Waals surface area contributed by atoms with E-state index in [1.54, 1.807) is 31.4 Å². The van der Waals surface area contributed by atoms with Crippen molar-refractivity contribution in [1.29, 1.82) is 0 Å². The van der Waals surface area contributed by atoms with E-state index in [4.69, 9.17) is 4.74 Å². The number of carbonyl (C=O) groups is 2. The molecule has 2 amide bonds. The zero-order valence-electron chi connectivity index (χ0n) is 15.3. The van der Waals surface area contributed by atoms with E-state index >= 15 is 0 Å². The minimum atomic E-state index is -0.273. The molecule has 27 heavy (non-hydrogen) atoms. The predicted octanol–water partition coefficient (Wildman–Crippen LogP) is 2.29. The summed E-state index contributed by atoms with van der Waals surface area (Å²) in [6.45, 7) is 3.18. The number of imide groups is 1. The highest BCUT2D eigenvalue weighted by Gasteiger charge is 2.43. The number of ether oxygens (including phenoxy) is 1. The van der Waals surface area contributed by atoms with E-state index in [1.807, 2.05) is 17.5 Å². The molecule has 1 fully saturated rings. The molecule has 6 nitrogen and oxygen atoms in total. The van der Waals surface area contributed by atoms with Crippen molar-refractivity contribution in [2.24, 2.45) is 0 Å². The average Bonchev–Trinajstić information content (AvgIpc) is 3.29. The minimum absolute atomic E-state index is 0.263. The van der Waals surface area contributed by atoms with Gasteiger partial charge in [0.1, 0.15) is 11.4 Å². The second kappa shape index (κ2) is 7.17. The lowest BCUT2D eigenvalue weighted by Crippen LogP contribution is -2.46. The Morgan fingerprint density at radius 1 is 1.00 bits per heavy atom. The van der Waals surface area contributed by atoms with Gasteiger partial charge in [0.05, 0.1) is 18.4 Å². The third-order valence-electron chi connectivity index (χ3n) is 4.96. The van der Waals surface area contributed by atoms with E-state index in [9.17, 15) is 9.59 Å². The summed E-state index contributed by atoms with van der Waals surface area (Å²) in [5.41, 5.74) is 1.54. The van der Waals surface area contributed by atoms with Gasteiger partial charge in [-0.05, 0) is 30.6 Å². The minimum Gasteiger partial charge on any atom is -0.497 e. The molecule has 1 saturated heterocycles. The van der Waals surface area contributed by atoms with Crippen LogP contribution in [0.5, 0.6) is 5.75 Å². The van der Waals surface area contributed by atoms with Gasteiger partial charge in [-0.1, -0.05) is 12.1 Å². The lowest BCUT2D eigenvalue weighted by molar-refractivity contribution is -0.120. The Hall–Kier alpha value is -2.64. The molecular formula is C20H21N3O3S. The van der Waals surface area contributed by atoms with Gasteiger partial charge >= 0.3 is 0 Å². The third kappa shape index (κ3) is 3.13. The number of thiophene rings is 1. The largest absolute Gasteiger partial charge is 0.497 e. The number of anilines is 1. The molecule has 1 aromatic heterocycles. The van der Waals surface area contributed by atoms with Crippen LogP contribution in [0.15, 0.2) is 47.5 Å². The summed E-state index contributed by atoms with van der Waals surface area (Å²) in [4.78, 5) is 33.0. The highest BCUT2D eigenvalue weighted by Crippen LogP contribution is 2.37. The fraction of sp³-hybridized carbons (Fsp3) is 0.300. The molecule has 0 atom stereocenters. The molecule has 0 saturated carbocycles. The zero-order valence-corrected chi connectivity index (χ0v) is 16.2.